The summed E-state index contributed by atoms with van der Waals surface area (Å²) in [5.74, 6) is -1.33. The van der Waals surface area contributed by atoms with Crippen molar-refractivity contribution in [1.82, 2.24) is 9.97 Å². The highest BCUT2D eigenvalue weighted by Gasteiger charge is 2.15. The first-order chi connectivity index (χ1) is 12.4. The van der Waals surface area contributed by atoms with Gasteiger partial charge in [-0.2, -0.15) is 0 Å². The molecule has 0 aliphatic heterocycles. The summed E-state index contributed by atoms with van der Waals surface area (Å²) in [4.78, 5) is 42.4. The van der Waals surface area contributed by atoms with Crippen LogP contribution in [0.3, 0.4) is 0 Å². The first kappa shape index (κ1) is 17.9. The lowest BCUT2D eigenvalue weighted by Crippen LogP contribution is -2.22. The summed E-state index contributed by atoms with van der Waals surface area (Å²) < 4.78 is 4.99. The Morgan fingerprint density at radius 2 is 1.96 bits per heavy atom. The number of pyridine rings is 2. The Morgan fingerprint density at radius 1 is 1.19 bits per heavy atom. The Morgan fingerprint density at radius 3 is 2.73 bits per heavy atom. The molecule has 3 aromatic rings. The molecule has 2 aromatic heterocycles. The highest BCUT2D eigenvalue weighted by Crippen LogP contribution is 2.22. The van der Waals surface area contributed by atoms with Crippen LogP contribution in [-0.4, -0.2) is 28.5 Å². The molecule has 2 N–H and O–H groups in total. The maximum Gasteiger partial charge on any atom is 0.339 e. The van der Waals surface area contributed by atoms with Crippen LogP contribution in [0.25, 0.3) is 10.9 Å². The zero-order chi connectivity index (χ0) is 18.7. The highest BCUT2D eigenvalue weighted by atomic mass is 35.5. The number of carbonyl (C=O) groups is 2. The summed E-state index contributed by atoms with van der Waals surface area (Å²) in [5, 5.41) is 3.39. The smallest absolute Gasteiger partial charge is 0.339 e. The number of nitrogens with one attached hydrogen (secondary N) is 2. The standard InChI is InChI=1S/C17H11Cl2N3O4/c18-9-5-12(19)16(20-7-9)22-15(24)8-26-17(25)11-6-14(23)21-13-4-2-1-3-10(11)13/h1-7H,8H2,(H,21,23)(H,20,22,24). The molecule has 132 valence electrons. The molecule has 0 radical (unpaired) electrons. The van der Waals surface area contributed by atoms with Crippen molar-refractivity contribution in [2.24, 2.45) is 0 Å². The molecule has 26 heavy (non-hydrogen) atoms. The number of aromatic nitrogens is 2. The van der Waals surface area contributed by atoms with Crippen LogP contribution in [-0.2, 0) is 9.53 Å². The normalized spacial score (nSPS) is 10.5. The van der Waals surface area contributed by atoms with E-state index in [0.717, 1.165) is 6.07 Å². The number of halogens is 2. The fourth-order valence-corrected chi connectivity index (χ4v) is 2.68. The van der Waals surface area contributed by atoms with Gasteiger partial charge >= 0.3 is 5.97 Å². The Labute approximate surface area is 156 Å². The largest absolute Gasteiger partial charge is 0.452 e. The third kappa shape index (κ3) is 4.01. The average molecular weight is 392 g/mol. The van der Waals surface area contributed by atoms with Crippen molar-refractivity contribution in [3.63, 3.8) is 0 Å². The van der Waals surface area contributed by atoms with Gasteiger partial charge < -0.3 is 15.0 Å². The van der Waals surface area contributed by atoms with Crippen LogP contribution in [0.1, 0.15) is 10.4 Å². The van der Waals surface area contributed by atoms with Gasteiger partial charge in [-0.1, -0.05) is 41.4 Å². The van der Waals surface area contributed by atoms with E-state index >= 15 is 0 Å². The van der Waals surface area contributed by atoms with Crippen LogP contribution in [0.2, 0.25) is 10.0 Å². The van der Waals surface area contributed by atoms with E-state index < -0.39 is 24.0 Å². The van der Waals surface area contributed by atoms with Gasteiger partial charge in [-0.25, -0.2) is 9.78 Å². The van der Waals surface area contributed by atoms with Crippen LogP contribution in [0, 0.1) is 0 Å². The number of amides is 1. The zero-order valence-electron chi connectivity index (χ0n) is 13.1. The third-order valence-electron chi connectivity index (χ3n) is 3.37. The van der Waals surface area contributed by atoms with Crippen molar-refractivity contribution < 1.29 is 14.3 Å². The molecule has 1 amide bonds. The van der Waals surface area contributed by atoms with Gasteiger partial charge in [0.15, 0.2) is 12.4 Å². The van der Waals surface area contributed by atoms with Crippen molar-refractivity contribution in [3.8, 4) is 0 Å². The number of hydrogen-bond donors (Lipinski definition) is 2. The maximum atomic E-state index is 12.3. The number of esters is 1. The van der Waals surface area contributed by atoms with Gasteiger partial charge in [-0.05, 0) is 12.1 Å². The number of benzene rings is 1. The van der Waals surface area contributed by atoms with Gasteiger partial charge in [0.2, 0.25) is 5.56 Å². The number of aromatic amines is 1. The van der Waals surface area contributed by atoms with Crippen molar-refractivity contribution in [2.45, 2.75) is 0 Å². The molecular weight excluding hydrogens is 381 g/mol. The van der Waals surface area contributed by atoms with E-state index in [2.05, 4.69) is 15.3 Å². The Bertz CT molecular complexity index is 1070. The molecule has 9 heteroatoms. The topological polar surface area (TPSA) is 101 Å². The molecule has 0 aliphatic rings. The predicted octanol–water partition coefficient (Wildman–Crippen LogP) is 3.03. The zero-order valence-corrected chi connectivity index (χ0v) is 14.6. The van der Waals surface area contributed by atoms with Gasteiger partial charge in [0, 0.05) is 23.2 Å². The lowest BCUT2D eigenvalue weighted by Gasteiger charge is -2.08. The van der Waals surface area contributed by atoms with Crippen molar-refractivity contribution in [2.75, 3.05) is 11.9 Å². The summed E-state index contributed by atoms with van der Waals surface area (Å²) >= 11 is 11.6. The summed E-state index contributed by atoms with van der Waals surface area (Å²) in [6.07, 6.45) is 1.32. The van der Waals surface area contributed by atoms with Gasteiger partial charge in [0.05, 0.1) is 15.6 Å². The predicted molar refractivity (Wildman–Crippen MR) is 97.7 cm³/mol. The first-order valence-corrected chi connectivity index (χ1v) is 8.10. The van der Waals surface area contributed by atoms with Crippen LogP contribution in [0.4, 0.5) is 5.82 Å². The summed E-state index contributed by atoms with van der Waals surface area (Å²) in [7, 11) is 0. The number of para-hydroxylation sites is 1. The number of fused-ring (bicyclic) bond motifs is 1. The molecule has 0 unspecified atom stereocenters. The second-order valence-corrected chi connectivity index (χ2v) is 6.04. The van der Waals surface area contributed by atoms with Gasteiger partial charge in [-0.15, -0.1) is 0 Å². The van der Waals surface area contributed by atoms with Gasteiger partial charge in [0.25, 0.3) is 5.91 Å². The molecule has 0 saturated heterocycles. The molecule has 7 nitrogen and oxygen atoms in total. The molecule has 2 heterocycles. The van der Waals surface area contributed by atoms with E-state index in [0.29, 0.717) is 15.9 Å². The molecule has 0 atom stereocenters. The number of rotatable bonds is 4. The number of ether oxygens (including phenoxy) is 1. The second kappa shape index (κ2) is 7.55. The lowest BCUT2D eigenvalue weighted by atomic mass is 10.1. The van der Waals surface area contributed by atoms with Crippen LogP contribution >= 0.6 is 23.2 Å². The first-order valence-electron chi connectivity index (χ1n) is 7.34. The Balaban J connectivity index is 1.71. The minimum absolute atomic E-state index is 0.0693. The second-order valence-electron chi connectivity index (χ2n) is 5.20. The molecular formula is C17H11Cl2N3O4. The lowest BCUT2D eigenvalue weighted by molar-refractivity contribution is -0.119. The number of H-pyrrole nitrogens is 1. The molecule has 0 saturated carbocycles. The molecule has 3 rings (SSSR count). The number of anilines is 1. The van der Waals surface area contributed by atoms with E-state index in [1.165, 1.54) is 12.3 Å². The quantitative estimate of drug-likeness (QED) is 0.665. The molecule has 0 aliphatic carbocycles. The maximum absolute atomic E-state index is 12.3. The van der Waals surface area contributed by atoms with E-state index in [1.54, 1.807) is 24.3 Å². The van der Waals surface area contributed by atoms with E-state index in [1.807, 2.05) is 0 Å². The summed E-state index contributed by atoms with van der Waals surface area (Å²) in [6.45, 7) is -0.569. The number of hydrogen-bond acceptors (Lipinski definition) is 5. The SMILES string of the molecule is O=C(COC(=O)c1cc(=O)[nH]c2ccccc12)Nc1ncc(Cl)cc1Cl. The third-order valence-corrected chi connectivity index (χ3v) is 3.87. The number of nitrogens with zero attached hydrogens (tertiary/aromatic N) is 1. The average Bonchev–Trinajstić information content (AvgIpc) is 2.61. The van der Waals surface area contributed by atoms with Gasteiger partial charge in [0.1, 0.15) is 0 Å². The van der Waals surface area contributed by atoms with Crippen molar-refractivity contribution in [3.05, 3.63) is 68.6 Å². The van der Waals surface area contributed by atoms with Crippen LogP contribution < -0.4 is 10.9 Å². The van der Waals surface area contributed by atoms with Crippen LogP contribution in [0.5, 0.6) is 0 Å². The minimum atomic E-state index is -0.794. The molecule has 1 aromatic carbocycles. The Kier molecular flexibility index (Phi) is 5.20. The van der Waals surface area contributed by atoms with Crippen molar-refractivity contribution in [1.29, 1.82) is 0 Å². The molecule has 0 bridgehead atoms. The van der Waals surface area contributed by atoms with E-state index in [-0.39, 0.29) is 16.4 Å². The summed E-state index contributed by atoms with van der Waals surface area (Å²) in [6, 6.07) is 9.32. The Hall–Kier alpha value is -2.90. The molecule has 0 fully saturated rings. The van der Waals surface area contributed by atoms with Crippen molar-refractivity contribution >= 4 is 51.8 Å². The minimum Gasteiger partial charge on any atom is -0.452 e. The summed E-state index contributed by atoms with van der Waals surface area (Å²) in [5.41, 5.74) is 0.116. The fourth-order valence-electron chi connectivity index (χ4n) is 2.26. The van der Waals surface area contributed by atoms with Crippen LogP contribution in [0.15, 0.2) is 47.4 Å². The van der Waals surface area contributed by atoms with E-state index in [4.69, 9.17) is 27.9 Å². The van der Waals surface area contributed by atoms with E-state index in [9.17, 15) is 14.4 Å². The molecule has 0 spiro atoms. The number of carbonyl (C=O) groups excluding carboxylic acids is 2. The fraction of sp³-hybridized carbons (Fsp3) is 0.0588. The highest BCUT2D eigenvalue weighted by molar-refractivity contribution is 6.36. The monoisotopic (exact) mass is 391 g/mol. The van der Waals surface area contributed by atoms with Gasteiger partial charge in [-0.3, -0.25) is 9.59 Å².